The van der Waals surface area contributed by atoms with E-state index in [1.807, 2.05) is 13.0 Å². The van der Waals surface area contributed by atoms with Crippen LogP contribution in [0.1, 0.15) is 54.8 Å². The number of nitrogens with zero attached hydrogens (tertiary/aromatic N) is 1. The van der Waals surface area contributed by atoms with Crippen LogP contribution < -0.4 is 0 Å². The van der Waals surface area contributed by atoms with E-state index in [0.29, 0.717) is 12.3 Å². The van der Waals surface area contributed by atoms with Gasteiger partial charge in [0.15, 0.2) is 0 Å². The van der Waals surface area contributed by atoms with Gasteiger partial charge in [-0.1, -0.05) is 13.0 Å². The summed E-state index contributed by atoms with van der Waals surface area (Å²) in [4.78, 5) is 0. The Kier molecular flexibility index (Phi) is 5.03. The van der Waals surface area contributed by atoms with Crippen LogP contribution in [-0.4, -0.2) is 0 Å². The van der Waals surface area contributed by atoms with E-state index in [1.165, 1.54) is 11.1 Å². The molecule has 0 aliphatic rings. The van der Waals surface area contributed by atoms with Gasteiger partial charge in [0.2, 0.25) is 0 Å². The zero-order valence-electron chi connectivity index (χ0n) is 11.0. The van der Waals surface area contributed by atoms with E-state index >= 15 is 0 Å². The van der Waals surface area contributed by atoms with E-state index in [4.69, 9.17) is 9.68 Å². The minimum absolute atomic E-state index is 0.380. The van der Waals surface area contributed by atoms with Crippen LogP contribution in [0.5, 0.6) is 0 Å². The molecule has 92 valence electrons. The molecule has 0 aromatic carbocycles. The van der Waals surface area contributed by atoms with Crippen molar-refractivity contribution in [3.05, 3.63) is 35.3 Å². The average Bonchev–Trinajstić information content (AvgIpc) is 2.58. The number of rotatable bonds is 6. The van der Waals surface area contributed by atoms with E-state index in [9.17, 15) is 0 Å². The molecule has 0 radical (unpaired) electrons. The molecule has 0 aliphatic heterocycles. The van der Waals surface area contributed by atoms with Crippen LogP contribution >= 0.6 is 0 Å². The molecule has 2 nitrogen and oxygen atoms in total. The van der Waals surface area contributed by atoms with Gasteiger partial charge in [-0.2, -0.15) is 5.26 Å². The zero-order valence-corrected chi connectivity index (χ0v) is 11.0. The number of hydrogen-bond donors (Lipinski definition) is 0. The van der Waals surface area contributed by atoms with E-state index in [-0.39, 0.29) is 0 Å². The first-order valence-electron chi connectivity index (χ1n) is 6.18. The zero-order chi connectivity index (χ0) is 12.8. The average molecular weight is 231 g/mol. The Balaban J connectivity index is 2.85. The van der Waals surface area contributed by atoms with Crippen LogP contribution in [0.3, 0.4) is 0 Å². The lowest BCUT2D eigenvalue weighted by molar-refractivity contribution is 0.434. The summed E-state index contributed by atoms with van der Waals surface area (Å²) in [5, 5.41) is 8.55. The van der Waals surface area contributed by atoms with Crippen LogP contribution in [0, 0.1) is 25.2 Å². The molecule has 1 unspecified atom stereocenters. The summed E-state index contributed by atoms with van der Waals surface area (Å²) in [6.45, 7) is 10.1. The van der Waals surface area contributed by atoms with Crippen LogP contribution in [0.4, 0.5) is 0 Å². The van der Waals surface area contributed by atoms with Crippen molar-refractivity contribution in [1.82, 2.24) is 0 Å². The summed E-state index contributed by atoms with van der Waals surface area (Å²) < 4.78 is 5.86. The second-order valence-electron chi connectivity index (χ2n) is 4.57. The molecule has 2 heteroatoms. The maximum atomic E-state index is 8.55. The molecule has 17 heavy (non-hydrogen) atoms. The van der Waals surface area contributed by atoms with E-state index in [1.54, 1.807) is 0 Å². The Morgan fingerprint density at radius 1 is 1.47 bits per heavy atom. The molecule has 0 amide bonds. The van der Waals surface area contributed by atoms with Crippen molar-refractivity contribution in [2.45, 2.75) is 52.4 Å². The lowest BCUT2D eigenvalue weighted by Gasteiger charge is -2.09. The molecule has 1 aromatic heterocycles. The van der Waals surface area contributed by atoms with Gasteiger partial charge in [0, 0.05) is 17.9 Å². The summed E-state index contributed by atoms with van der Waals surface area (Å²) in [6.07, 6.45) is 5.35. The molecule has 0 N–H and O–H groups in total. The fourth-order valence-corrected chi connectivity index (χ4v) is 2.11. The van der Waals surface area contributed by atoms with Gasteiger partial charge in [-0.05, 0) is 38.7 Å². The van der Waals surface area contributed by atoms with Gasteiger partial charge < -0.3 is 4.42 Å². The minimum atomic E-state index is 0.380. The predicted molar refractivity (Wildman–Crippen MR) is 70.0 cm³/mol. The third-order valence-electron chi connectivity index (χ3n) is 3.26. The van der Waals surface area contributed by atoms with Crippen LogP contribution in [-0.2, 0) is 6.42 Å². The van der Waals surface area contributed by atoms with Crippen molar-refractivity contribution in [1.29, 1.82) is 5.26 Å². The SMILES string of the molecule is C=CCc1c(C(C)CCCC#N)oc(C)c1C. The number of unbranched alkanes of at least 4 members (excludes halogenated alkanes) is 1. The highest BCUT2D eigenvalue weighted by Crippen LogP contribution is 2.31. The number of furan rings is 1. The first-order valence-corrected chi connectivity index (χ1v) is 6.18. The Labute approximate surface area is 104 Å². The standard InChI is InChI=1S/C15H21NO/c1-5-8-14-12(3)13(4)17-15(14)11(2)9-6-7-10-16/h5,11H,1,6-9H2,2-4H3. The van der Waals surface area contributed by atoms with Crippen molar-refractivity contribution >= 4 is 0 Å². The number of allylic oxidation sites excluding steroid dienone is 1. The van der Waals surface area contributed by atoms with E-state index in [0.717, 1.165) is 30.8 Å². The third kappa shape index (κ3) is 3.23. The molecular formula is C15H21NO. The number of hydrogen-bond acceptors (Lipinski definition) is 2. The first-order chi connectivity index (χ1) is 8.11. The van der Waals surface area contributed by atoms with E-state index in [2.05, 4.69) is 26.5 Å². The van der Waals surface area contributed by atoms with Crippen LogP contribution in [0.15, 0.2) is 17.1 Å². The highest BCUT2D eigenvalue weighted by molar-refractivity contribution is 5.35. The maximum absolute atomic E-state index is 8.55. The van der Waals surface area contributed by atoms with Crippen LogP contribution in [0.25, 0.3) is 0 Å². The Morgan fingerprint density at radius 2 is 2.18 bits per heavy atom. The van der Waals surface area contributed by atoms with Crippen molar-refractivity contribution in [3.63, 3.8) is 0 Å². The normalized spacial score (nSPS) is 12.1. The quantitative estimate of drug-likeness (QED) is 0.536. The van der Waals surface area contributed by atoms with Gasteiger partial charge in [-0.15, -0.1) is 6.58 Å². The predicted octanol–water partition coefficient (Wildman–Crippen LogP) is 4.42. The molecule has 0 aliphatic carbocycles. The largest absolute Gasteiger partial charge is 0.466 e. The monoisotopic (exact) mass is 231 g/mol. The summed E-state index contributed by atoms with van der Waals surface area (Å²) in [5.74, 6) is 2.47. The lowest BCUT2D eigenvalue weighted by atomic mass is 9.95. The maximum Gasteiger partial charge on any atom is 0.110 e. The molecule has 1 rings (SSSR count). The Hall–Kier alpha value is -1.49. The molecule has 1 aromatic rings. The molecule has 0 saturated carbocycles. The fourth-order valence-electron chi connectivity index (χ4n) is 2.11. The fraction of sp³-hybridized carbons (Fsp3) is 0.533. The second kappa shape index (κ2) is 6.30. The van der Waals surface area contributed by atoms with E-state index < -0.39 is 0 Å². The summed E-state index contributed by atoms with van der Waals surface area (Å²) in [5.41, 5.74) is 2.52. The molecule has 0 saturated heterocycles. The molecule has 1 heterocycles. The molecule has 0 fully saturated rings. The van der Waals surface area contributed by atoms with Gasteiger partial charge in [-0.25, -0.2) is 0 Å². The molecule has 1 atom stereocenters. The van der Waals surface area contributed by atoms with Crippen LogP contribution in [0.2, 0.25) is 0 Å². The summed E-state index contributed by atoms with van der Waals surface area (Å²) >= 11 is 0. The third-order valence-corrected chi connectivity index (χ3v) is 3.26. The van der Waals surface area contributed by atoms with Gasteiger partial charge in [-0.3, -0.25) is 0 Å². The smallest absolute Gasteiger partial charge is 0.110 e. The van der Waals surface area contributed by atoms with Crippen molar-refractivity contribution in [2.75, 3.05) is 0 Å². The summed E-state index contributed by atoms with van der Waals surface area (Å²) in [7, 11) is 0. The van der Waals surface area contributed by atoms with Crippen molar-refractivity contribution < 1.29 is 4.42 Å². The van der Waals surface area contributed by atoms with Crippen molar-refractivity contribution in [2.24, 2.45) is 0 Å². The number of nitriles is 1. The molecule has 0 spiro atoms. The lowest BCUT2D eigenvalue weighted by Crippen LogP contribution is -1.96. The van der Waals surface area contributed by atoms with Gasteiger partial charge in [0.25, 0.3) is 0 Å². The first kappa shape index (κ1) is 13.6. The molecular weight excluding hydrogens is 210 g/mol. The van der Waals surface area contributed by atoms with Gasteiger partial charge >= 0.3 is 0 Å². The Bertz CT molecular complexity index is 423. The topological polar surface area (TPSA) is 36.9 Å². The summed E-state index contributed by atoms with van der Waals surface area (Å²) in [6, 6.07) is 2.18. The highest BCUT2D eigenvalue weighted by atomic mass is 16.3. The second-order valence-corrected chi connectivity index (χ2v) is 4.57. The van der Waals surface area contributed by atoms with Gasteiger partial charge in [0.1, 0.15) is 11.5 Å². The van der Waals surface area contributed by atoms with Crippen molar-refractivity contribution in [3.8, 4) is 6.07 Å². The number of aryl methyl sites for hydroxylation is 1. The van der Waals surface area contributed by atoms with Gasteiger partial charge in [0.05, 0.1) is 6.07 Å². The Morgan fingerprint density at radius 3 is 2.76 bits per heavy atom. The highest BCUT2D eigenvalue weighted by Gasteiger charge is 2.18. The molecule has 0 bridgehead atoms. The minimum Gasteiger partial charge on any atom is -0.466 e.